The first-order valence-corrected chi connectivity index (χ1v) is 9.17. The summed E-state index contributed by atoms with van der Waals surface area (Å²) in [5.41, 5.74) is 2.86. The molecule has 0 saturated heterocycles. The number of fused-ring (bicyclic) bond motifs is 1. The minimum atomic E-state index is -0.0917. The number of thioether (sulfide) groups is 1. The number of hydrogen-bond donors (Lipinski definition) is 1. The van der Waals surface area contributed by atoms with Gasteiger partial charge in [-0.1, -0.05) is 35.5 Å². The van der Waals surface area contributed by atoms with Gasteiger partial charge in [-0.25, -0.2) is 9.50 Å². The highest BCUT2D eigenvalue weighted by atomic mass is 35.5. The van der Waals surface area contributed by atoms with Gasteiger partial charge >= 0.3 is 0 Å². The van der Waals surface area contributed by atoms with Gasteiger partial charge in [0.1, 0.15) is 0 Å². The van der Waals surface area contributed by atoms with Crippen molar-refractivity contribution in [3.8, 4) is 0 Å². The second-order valence-electron chi connectivity index (χ2n) is 5.77. The first-order chi connectivity index (χ1) is 11.9. The molecule has 8 heteroatoms. The van der Waals surface area contributed by atoms with Crippen LogP contribution in [0.5, 0.6) is 0 Å². The van der Waals surface area contributed by atoms with E-state index in [1.807, 2.05) is 51.1 Å². The first kappa shape index (κ1) is 17.7. The van der Waals surface area contributed by atoms with Gasteiger partial charge in [-0.3, -0.25) is 4.79 Å². The van der Waals surface area contributed by atoms with Crippen LogP contribution in [0.25, 0.3) is 5.78 Å². The smallest absolute Gasteiger partial charge is 0.253 e. The molecular formula is C17H18ClN5OS. The average Bonchev–Trinajstić information content (AvgIpc) is 2.97. The summed E-state index contributed by atoms with van der Waals surface area (Å²) in [6, 6.07) is 9.28. The van der Waals surface area contributed by atoms with Gasteiger partial charge in [0.25, 0.3) is 5.78 Å². The standard InChI is InChI=1S/C17H18ClN5OS/c1-10-8-11(2)23-16(19-10)21-17(22-23)25-9-15(24)20-12(3)13-4-6-14(18)7-5-13/h4-8,12H,9H2,1-3H3,(H,20,24)/t12-/m0/s1. The molecule has 0 aliphatic rings. The molecule has 3 aromatic rings. The van der Waals surface area contributed by atoms with Crippen molar-refractivity contribution < 1.29 is 4.79 Å². The summed E-state index contributed by atoms with van der Waals surface area (Å²) in [7, 11) is 0. The summed E-state index contributed by atoms with van der Waals surface area (Å²) in [5.74, 6) is 0.717. The molecule has 0 bridgehead atoms. The lowest BCUT2D eigenvalue weighted by molar-refractivity contribution is -0.119. The van der Waals surface area contributed by atoms with E-state index in [0.29, 0.717) is 16.0 Å². The summed E-state index contributed by atoms with van der Waals surface area (Å²) in [5, 5.41) is 8.56. The molecule has 0 radical (unpaired) electrons. The highest BCUT2D eigenvalue weighted by Crippen LogP contribution is 2.18. The maximum Gasteiger partial charge on any atom is 0.253 e. The van der Waals surface area contributed by atoms with Gasteiger partial charge in [-0.05, 0) is 44.5 Å². The molecular weight excluding hydrogens is 358 g/mol. The van der Waals surface area contributed by atoms with Crippen molar-refractivity contribution in [2.45, 2.75) is 32.0 Å². The molecule has 0 fully saturated rings. The van der Waals surface area contributed by atoms with E-state index in [1.54, 1.807) is 4.52 Å². The fourth-order valence-corrected chi connectivity index (χ4v) is 3.21. The third kappa shape index (κ3) is 4.29. The van der Waals surface area contributed by atoms with Crippen LogP contribution in [0.3, 0.4) is 0 Å². The Hall–Kier alpha value is -2.12. The number of nitrogens with zero attached hydrogens (tertiary/aromatic N) is 4. The van der Waals surface area contributed by atoms with Crippen molar-refractivity contribution in [1.82, 2.24) is 24.9 Å². The Morgan fingerprint density at radius 2 is 2.00 bits per heavy atom. The Kier molecular flexibility index (Phi) is 5.24. The molecule has 6 nitrogen and oxygen atoms in total. The molecule has 1 atom stereocenters. The maximum atomic E-state index is 12.2. The van der Waals surface area contributed by atoms with E-state index in [-0.39, 0.29) is 17.7 Å². The van der Waals surface area contributed by atoms with Gasteiger partial charge in [0.2, 0.25) is 11.1 Å². The topological polar surface area (TPSA) is 72.2 Å². The zero-order valence-electron chi connectivity index (χ0n) is 14.2. The second kappa shape index (κ2) is 7.41. The number of hydrogen-bond acceptors (Lipinski definition) is 5. The summed E-state index contributed by atoms with van der Waals surface area (Å²) < 4.78 is 1.68. The summed E-state index contributed by atoms with van der Waals surface area (Å²) in [6.07, 6.45) is 0. The van der Waals surface area contributed by atoms with Crippen molar-refractivity contribution in [2.24, 2.45) is 0 Å². The number of aryl methyl sites for hydroxylation is 2. The monoisotopic (exact) mass is 375 g/mol. The molecule has 25 heavy (non-hydrogen) atoms. The SMILES string of the molecule is Cc1cc(C)n2nc(SCC(=O)N[C@@H](C)c3ccc(Cl)cc3)nc2n1. The molecule has 0 aliphatic carbocycles. The number of carbonyl (C=O) groups is 1. The highest BCUT2D eigenvalue weighted by molar-refractivity contribution is 7.99. The van der Waals surface area contributed by atoms with Crippen LogP contribution in [-0.2, 0) is 4.79 Å². The second-order valence-corrected chi connectivity index (χ2v) is 7.15. The fourth-order valence-electron chi connectivity index (χ4n) is 2.46. The van der Waals surface area contributed by atoms with Crippen LogP contribution >= 0.6 is 23.4 Å². The predicted octanol–water partition coefficient (Wildman–Crippen LogP) is 3.36. The number of rotatable bonds is 5. The Labute approximate surface area is 155 Å². The van der Waals surface area contributed by atoms with Gasteiger partial charge < -0.3 is 5.32 Å². The molecule has 0 unspecified atom stereocenters. The van der Waals surface area contributed by atoms with Crippen LogP contribution < -0.4 is 5.32 Å². The molecule has 0 aliphatic heterocycles. The highest BCUT2D eigenvalue weighted by Gasteiger charge is 2.13. The fraction of sp³-hybridized carbons (Fsp3) is 0.294. The van der Waals surface area contributed by atoms with Crippen molar-refractivity contribution in [3.05, 3.63) is 52.3 Å². The molecule has 1 N–H and O–H groups in total. The molecule has 3 rings (SSSR count). The lowest BCUT2D eigenvalue weighted by atomic mass is 10.1. The molecule has 130 valence electrons. The number of aromatic nitrogens is 4. The number of nitrogens with one attached hydrogen (secondary N) is 1. The van der Waals surface area contributed by atoms with Crippen LogP contribution in [0.4, 0.5) is 0 Å². The van der Waals surface area contributed by atoms with Crippen molar-refractivity contribution in [1.29, 1.82) is 0 Å². The quantitative estimate of drug-likeness (QED) is 0.692. The first-order valence-electron chi connectivity index (χ1n) is 7.81. The van der Waals surface area contributed by atoms with E-state index >= 15 is 0 Å². The normalized spacial score (nSPS) is 12.3. The lowest BCUT2D eigenvalue weighted by Crippen LogP contribution is -2.28. The van der Waals surface area contributed by atoms with Gasteiger partial charge in [-0.2, -0.15) is 4.98 Å². The number of benzene rings is 1. The minimum absolute atomic E-state index is 0.0767. The van der Waals surface area contributed by atoms with E-state index in [9.17, 15) is 4.79 Å². The molecule has 2 heterocycles. The van der Waals surface area contributed by atoms with Crippen molar-refractivity contribution >= 4 is 35.0 Å². The van der Waals surface area contributed by atoms with Crippen LogP contribution in [0, 0.1) is 13.8 Å². The Morgan fingerprint density at radius 3 is 2.72 bits per heavy atom. The third-order valence-corrected chi connectivity index (χ3v) is 4.77. The summed E-state index contributed by atoms with van der Waals surface area (Å²) in [6.45, 7) is 5.80. The molecule has 0 saturated carbocycles. The number of amides is 1. The largest absolute Gasteiger partial charge is 0.349 e. The lowest BCUT2D eigenvalue weighted by Gasteiger charge is -2.13. The van der Waals surface area contributed by atoms with Crippen LogP contribution in [0.1, 0.15) is 29.9 Å². The van der Waals surface area contributed by atoms with Crippen LogP contribution in [0.2, 0.25) is 5.02 Å². The number of halogens is 1. The van der Waals surface area contributed by atoms with E-state index in [4.69, 9.17) is 11.6 Å². The van der Waals surface area contributed by atoms with Crippen molar-refractivity contribution in [3.63, 3.8) is 0 Å². The predicted molar refractivity (Wildman–Crippen MR) is 99.0 cm³/mol. The summed E-state index contributed by atoms with van der Waals surface area (Å²) >= 11 is 7.17. The zero-order chi connectivity index (χ0) is 18.0. The van der Waals surface area contributed by atoms with Gasteiger partial charge in [0.05, 0.1) is 11.8 Å². The molecule has 1 amide bonds. The zero-order valence-corrected chi connectivity index (χ0v) is 15.7. The Morgan fingerprint density at radius 1 is 1.28 bits per heavy atom. The van der Waals surface area contributed by atoms with Crippen LogP contribution in [0.15, 0.2) is 35.5 Å². The molecule has 0 spiro atoms. The summed E-state index contributed by atoms with van der Waals surface area (Å²) in [4.78, 5) is 20.9. The van der Waals surface area contributed by atoms with E-state index < -0.39 is 0 Å². The van der Waals surface area contributed by atoms with Gasteiger partial charge in [0.15, 0.2) is 0 Å². The minimum Gasteiger partial charge on any atom is -0.349 e. The molecule has 1 aromatic carbocycles. The number of carbonyl (C=O) groups excluding carboxylic acids is 1. The van der Waals surface area contributed by atoms with Gasteiger partial charge in [0, 0.05) is 16.4 Å². The third-order valence-electron chi connectivity index (χ3n) is 3.68. The average molecular weight is 376 g/mol. The maximum absolute atomic E-state index is 12.2. The van der Waals surface area contributed by atoms with E-state index in [0.717, 1.165) is 17.0 Å². The van der Waals surface area contributed by atoms with Crippen molar-refractivity contribution in [2.75, 3.05) is 5.75 Å². The van der Waals surface area contributed by atoms with Crippen LogP contribution in [-0.4, -0.2) is 31.2 Å². The van der Waals surface area contributed by atoms with Gasteiger partial charge in [-0.15, -0.1) is 5.10 Å². The Balaban J connectivity index is 1.60. The Bertz CT molecular complexity index is 909. The molecule has 2 aromatic heterocycles. The van der Waals surface area contributed by atoms with E-state index in [1.165, 1.54) is 11.8 Å². The van der Waals surface area contributed by atoms with E-state index in [2.05, 4.69) is 20.4 Å².